The lowest BCUT2D eigenvalue weighted by molar-refractivity contribution is -0.123. The smallest absolute Gasteiger partial charge is 0.258 e. The van der Waals surface area contributed by atoms with Gasteiger partial charge in [0.25, 0.3) is 5.91 Å². The van der Waals surface area contributed by atoms with Gasteiger partial charge in [-0.25, -0.2) is 0 Å². The molecule has 1 N–H and O–H groups in total. The summed E-state index contributed by atoms with van der Waals surface area (Å²) < 4.78 is 6.28. The lowest BCUT2D eigenvalue weighted by atomic mass is 10.00. The number of amides is 1. The molecule has 0 spiro atoms. The molecular weight excluding hydrogens is 394 g/mol. The van der Waals surface area contributed by atoms with E-state index in [0.717, 1.165) is 20.8 Å². The zero-order valence-corrected chi connectivity index (χ0v) is 15.8. The van der Waals surface area contributed by atoms with Crippen molar-refractivity contribution in [3.05, 3.63) is 76.3 Å². The van der Waals surface area contributed by atoms with Gasteiger partial charge in [0.1, 0.15) is 5.75 Å². The quantitative estimate of drug-likeness (QED) is 0.599. The highest BCUT2D eigenvalue weighted by atomic mass is 79.9. The third-order valence-corrected chi connectivity index (χ3v) is 4.62. The van der Waals surface area contributed by atoms with Crippen LogP contribution < -0.4 is 10.1 Å². The molecule has 26 heavy (non-hydrogen) atoms. The van der Waals surface area contributed by atoms with E-state index in [2.05, 4.69) is 21.2 Å². The van der Waals surface area contributed by atoms with Crippen LogP contribution in [0, 0.1) is 0 Å². The molecule has 0 fully saturated rings. The molecule has 0 bridgehead atoms. The van der Waals surface area contributed by atoms with Crippen molar-refractivity contribution < 1.29 is 14.3 Å². The summed E-state index contributed by atoms with van der Waals surface area (Å²) in [5.41, 5.74) is 1.45. The number of fused-ring (bicyclic) bond motifs is 1. The lowest BCUT2D eigenvalue weighted by Gasteiger charge is -2.17. The maximum atomic E-state index is 12.3. The minimum Gasteiger partial charge on any atom is -0.483 e. The molecule has 0 aliphatic carbocycles. The van der Waals surface area contributed by atoms with Crippen LogP contribution in [0.4, 0.5) is 0 Å². The highest BCUT2D eigenvalue weighted by molar-refractivity contribution is 9.10. The van der Waals surface area contributed by atoms with E-state index in [0.29, 0.717) is 17.6 Å². The Kier molecular flexibility index (Phi) is 5.68. The van der Waals surface area contributed by atoms with Crippen LogP contribution in [0.15, 0.2) is 65.1 Å². The maximum Gasteiger partial charge on any atom is 0.258 e. The highest BCUT2D eigenvalue weighted by Gasteiger charge is 2.13. The van der Waals surface area contributed by atoms with E-state index in [1.165, 1.54) is 0 Å². The summed E-state index contributed by atoms with van der Waals surface area (Å²) in [4.78, 5) is 23.4. The van der Waals surface area contributed by atoms with E-state index in [4.69, 9.17) is 4.74 Å². The predicted molar refractivity (Wildman–Crippen MR) is 106 cm³/mol. The molecule has 0 aromatic heterocycles. The third kappa shape index (κ3) is 4.11. The van der Waals surface area contributed by atoms with Gasteiger partial charge in [-0.3, -0.25) is 9.59 Å². The van der Waals surface area contributed by atoms with Crippen LogP contribution in [0.2, 0.25) is 0 Å². The third-order valence-electron chi connectivity index (χ3n) is 4.12. The molecule has 1 amide bonds. The zero-order valence-electron chi connectivity index (χ0n) is 14.2. The number of carbonyl (C=O) groups excluding carboxylic acids is 2. The number of ether oxygens (including phenoxy) is 1. The molecule has 3 aromatic carbocycles. The number of benzene rings is 3. The Bertz CT molecular complexity index is 950. The van der Waals surface area contributed by atoms with Crippen molar-refractivity contribution in [2.45, 2.75) is 13.0 Å². The lowest BCUT2D eigenvalue weighted by Crippen LogP contribution is -2.31. The summed E-state index contributed by atoms with van der Waals surface area (Å²) in [6.45, 7) is 1.79. The Labute approximate surface area is 160 Å². The fourth-order valence-corrected chi connectivity index (χ4v) is 3.25. The average molecular weight is 412 g/mol. The van der Waals surface area contributed by atoms with Crippen LogP contribution >= 0.6 is 15.9 Å². The molecule has 0 unspecified atom stereocenters. The van der Waals surface area contributed by atoms with Gasteiger partial charge in [0.15, 0.2) is 12.9 Å². The second-order valence-corrected chi connectivity index (χ2v) is 6.86. The monoisotopic (exact) mass is 411 g/mol. The van der Waals surface area contributed by atoms with E-state index in [-0.39, 0.29) is 18.6 Å². The molecule has 0 aliphatic heterocycles. The van der Waals surface area contributed by atoms with Crippen LogP contribution in [0.3, 0.4) is 0 Å². The van der Waals surface area contributed by atoms with Crippen LogP contribution in [-0.2, 0) is 4.79 Å². The first-order chi connectivity index (χ1) is 12.6. The van der Waals surface area contributed by atoms with Gasteiger partial charge in [0, 0.05) is 4.47 Å². The van der Waals surface area contributed by atoms with Gasteiger partial charge in [-0.1, -0.05) is 58.4 Å². The van der Waals surface area contributed by atoms with Crippen LogP contribution in [0.1, 0.15) is 28.9 Å². The zero-order chi connectivity index (χ0) is 18.5. The highest BCUT2D eigenvalue weighted by Crippen LogP contribution is 2.24. The van der Waals surface area contributed by atoms with Gasteiger partial charge in [0.05, 0.1) is 11.6 Å². The molecule has 0 saturated heterocycles. The molecular formula is C21H18BrNO3. The normalized spacial score (nSPS) is 11.8. The van der Waals surface area contributed by atoms with Gasteiger partial charge in [-0.15, -0.1) is 0 Å². The van der Waals surface area contributed by atoms with Crippen molar-refractivity contribution in [3.63, 3.8) is 0 Å². The molecule has 132 valence electrons. The first-order valence-corrected chi connectivity index (χ1v) is 9.02. The van der Waals surface area contributed by atoms with E-state index in [1.54, 1.807) is 18.2 Å². The number of aldehydes is 1. The number of nitrogens with one attached hydrogen (secondary N) is 1. The number of rotatable bonds is 6. The number of halogens is 1. The Morgan fingerprint density at radius 1 is 1.15 bits per heavy atom. The van der Waals surface area contributed by atoms with Gasteiger partial charge in [-0.2, -0.15) is 0 Å². The summed E-state index contributed by atoms with van der Waals surface area (Å²) >= 11 is 3.30. The summed E-state index contributed by atoms with van der Waals surface area (Å²) in [7, 11) is 0. The summed E-state index contributed by atoms with van der Waals surface area (Å²) in [5, 5.41) is 5.19. The van der Waals surface area contributed by atoms with Gasteiger partial charge in [-0.05, 0) is 41.5 Å². The Morgan fingerprint density at radius 2 is 1.92 bits per heavy atom. The molecule has 1 atom stereocenters. The van der Waals surface area contributed by atoms with Crippen molar-refractivity contribution in [1.29, 1.82) is 0 Å². The number of carbonyl (C=O) groups is 2. The van der Waals surface area contributed by atoms with Crippen molar-refractivity contribution >= 4 is 38.9 Å². The first-order valence-electron chi connectivity index (χ1n) is 8.23. The standard InChI is InChI=1S/C21H18BrNO3/c1-14(18-8-4-6-15-5-2-3-7-19(15)18)23-21(25)13-26-20-10-9-17(22)11-16(20)12-24/h2-12,14H,13H2,1H3,(H,23,25)/t14-/m1/s1. The van der Waals surface area contributed by atoms with Gasteiger partial charge < -0.3 is 10.1 Å². The van der Waals surface area contributed by atoms with Gasteiger partial charge >= 0.3 is 0 Å². The molecule has 4 nitrogen and oxygen atoms in total. The topological polar surface area (TPSA) is 55.4 Å². The Hall–Kier alpha value is -2.66. The summed E-state index contributed by atoms with van der Waals surface area (Å²) in [6, 6.07) is 19.0. The molecule has 0 heterocycles. The molecule has 0 radical (unpaired) electrons. The minimum absolute atomic E-state index is 0.155. The summed E-state index contributed by atoms with van der Waals surface area (Å²) in [6.07, 6.45) is 0.705. The maximum absolute atomic E-state index is 12.3. The van der Waals surface area contributed by atoms with Gasteiger partial charge in [0.2, 0.25) is 0 Å². The van der Waals surface area contributed by atoms with E-state index in [1.807, 2.05) is 49.4 Å². The SMILES string of the molecule is C[C@@H](NC(=O)COc1ccc(Br)cc1C=O)c1cccc2ccccc12. The molecule has 3 rings (SSSR count). The van der Waals surface area contributed by atoms with Crippen molar-refractivity contribution in [2.24, 2.45) is 0 Å². The average Bonchev–Trinajstić information content (AvgIpc) is 2.66. The second kappa shape index (κ2) is 8.15. The molecule has 0 saturated carbocycles. The number of hydrogen-bond donors (Lipinski definition) is 1. The number of hydrogen-bond acceptors (Lipinski definition) is 3. The Morgan fingerprint density at radius 3 is 2.73 bits per heavy atom. The second-order valence-electron chi connectivity index (χ2n) is 5.95. The Balaban J connectivity index is 1.67. The van der Waals surface area contributed by atoms with Crippen LogP contribution in [0.5, 0.6) is 5.75 Å². The van der Waals surface area contributed by atoms with Crippen molar-refractivity contribution in [1.82, 2.24) is 5.32 Å². The fraction of sp³-hybridized carbons (Fsp3) is 0.143. The molecule has 5 heteroatoms. The van der Waals surface area contributed by atoms with Crippen molar-refractivity contribution in [2.75, 3.05) is 6.61 Å². The molecule has 0 aliphatic rings. The van der Waals surface area contributed by atoms with Crippen LogP contribution in [0.25, 0.3) is 10.8 Å². The van der Waals surface area contributed by atoms with E-state index < -0.39 is 0 Å². The first kappa shape index (κ1) is 18.1. The predicted octanol–water partition coefficient (Wildman–Crippen LogP) is 4.67. The van der Waals surface area contributed by atoms with E-state index in [9.17, 15) is 9.59 Å². The van der Waals surface area contributed by atoms with E-state index >= 15 is 0 Å². The van der Waals surface area contributed by atoms with Crippen molar-refractivity contribution in [3.8, 4) is 5.75 Å². The van der Waals surface area contributed by atoms with Crippen LogP contribution in [-0.4, -0.2) is 18.8 Å². The minimum atomic E-state index is -0.245. The molecule has 3 aromatic rings. The fourth-order valence-electron chi connectivity index (χ4n) is 2.88. The largest absolute Gasteiger partial charge is 0.483 e. The summed E-state index contributed by atoms with van der Waals surface area (Å²) in [5.74, 6) is 0.140.